The lowest BCUT2D eigenvalue weighted by Crippen LogP contribution is -2.54. The van der Waals surface area contributed by atoms with Crippen LogP contribution in [-0.4, -0.2) is 41.2 Å². The maximum atomic E-state index is 13.1. The topological polar surface area (TPSA) is 58.6 Å². The summed E-state index contributed by atoms with van der Waals surface area (Å²) in [6.45, 7) is 0.859. The van der Waals surface area contributed by atoms with Crippen LogP contribution < -0.4 is 10.1 Å². The number of carbonyl (C=O) groups excluding carboxylic acids is 2. The van der Waals surface area contributed by atoms with E-state index in [1.807, 2.05) is 30.3 Å². The van der Waals surface area contributed by atoms with E-state index in [4.69, 9.17) is 17.0 Å². The van der Waals surface area contributed by atoms with Crippen molar-refractivity contribution in [3.8, 4) is 5.75 Å². The number of benzene rings is 1. The molecule has 31 heavy (non-hydrogen) atoms. The SMILES string of the molecule is COc1cccc(/C=C2/SC(=S)N(CCNC(=O)C34CC5CC(CC(C5)C3)C4)C2=O)c1. The van der Waals surface area contributed by atoms with Gasteiger partial charge in [0.2, 0.25) is 5.91 Å². The first-order valence-electron chi connectivity index (χ1n) is 11.1. The summed E-state index contributed by atoms with van der Waals surface area (Å²) < 4.78 is 5.80. The number of nitrogens with zero attached hydrogens (tertiary/aromatic N) is 1. The van der Waals surface area contributed by atoms with Gasteiger partial charge >= 0.3 is 0 Å². The number of thioether (sulfide) groups is 1. The highest BCUT2D eigenvalue weighted by atomic mass is 32.2. The number of nitrogens with one attached hydrogen (secondary N) is 1. The number of hydrogen-bond donors (Lipinski definition) is 1. The van der Waals surface area contributed by atoms with Gasteiger partial charge in [-0.3, -0.25) is 14.5 Å². The molecule has 5 nitrogen and oxygen atoms in total. The zero-order chi connectivity index (χ0) is 21.6. The van der Waals surface area contributed by atoms with Crippen LogP contribution in [0.4, 0.5) is 0 Å². The fraction of sp³-hybridized carbons (Fsp3) is 0.542. The summed E-state index contributed by atoms with van der Waals surface area (Å²) in [5.74, 6) is 3.07. The lowest BCUT2D eigenvalue weighted by Gasteiger charge is -2.55. The van der Waals surface area contributed by atoms with Gasteiger partial charge in [-0.15, -0.1) is 0 Å². The number of hydrogen-bond acceptors (Lipinski definition) is 5. The Morgan fingerprint density at radius 1 is 1.26 bits per heavy atom. The van der Waals surface area contributed by atoms with E-state index in [0.29, 0.717) is 22.3 Å². The molecule has 6 rings (SSSR count). The van der Waals surface area contributed by atoms with Gasteiger partial charge in [-0.05, 0) is 80.1 Å². The summed E-state index contributed by atoms with van der Waals surface area (Å²) in [5.41, 5.74) is 0.742. The minimum Gasteiger partial charge on any atom is -0.497 e. The average molecular weight is 457 g/mol. The minimum absolute atomic E-state index is 0.0955. The molecule has 1 saturated heterocycles. The van der Waals surface area contributed by atoms with E-state index in [-0.39, 0.29) is 17.2 Å². The van der Waals surface area contributed by atoms with Crippen molar-refractivity contribution in [3.05, 3.63) is 34.7 Å². The van der Waals surface area contributed by atoms with Gasteiger partial charge in [0, 0.05) is 18.5 Å². The molecule has 0 unspecified atom stereocenters. The molecule has 0 spiro atoms. The number of thiocarbonyl (C=S) groups is 1. The van der Waals surface area contributed by atoms with Crippen molar-refractivity contribution in [2.24, 2.45) is 23.2 Å². The Labute approximate surface area is 193 Å². The molecule has 1 N–H and O–H groups in total. The van der Waals surface area contributed by atoms with Crippen molar-refractivity contribution in [2.45, 2.75) is 38.5 Å². The molecule has 1 heterocycles. The van der Waals surface area contributed by atoms with Crippen molar-refractivity contribution >= 4 is 46.2 Å². The number of carbonyl (C=O) groups is 2. The molecule has 7 heteroatoms. The van der Waals surface area contributed by atoms with Gasteiger partial charge in [0.1, 0.15) is 10.1 Å². The molecule has 1 aromatic rings. The average Bonchev–Trinajstić information content (AvgIpc) is 3.00. The van der Waals surface area contributed by atoms with Crippen LogP contribution in [0.25, 0.3) is 6.08 Å². The van der Waals surface area contributed by atoms with Crippen LogP contribution in [0, 0.1) is 23.2 Å². The van der Waals surface area contributed by atoms with Gasteiger partial charge in [0.15, 0.2) is 0 Å². The quantitative estimate of drug-likeness (QED) is 0.513. The van der Waals surface area contributed by atoms with Gasteiger partial charge in [0.25, 0.3) is 5.91 Å². The Morgan fingerprint density at radius 3 is 2.58 bits per heavy atom. The first-order chi connectivity index (χ1) is 15.0. The van der Waals surface area contributed by atoms with Gasteiger partial charge in [-0.1, -0.05) is 36.1 Å². The van der Waals surface area contributed by atoms with E-state index in [2.05, 4.69) is 5.32 Å². The second-order valence-corrected chi connectivity index (χ2v) is 11.2. The molecule has 1 aromatic carbocycles. The zero-order valence-corrected chi connectivity index (χ0v) is 19.4. The Bertz CT molecular complexity index is 923. The molecule has 1 aliphatic heterocycles. The highest BCUT2D eigenvalue weighted by molar-refractivity contribution is 8.26. The van der Waals surface area contributed by atoms with Crippen molar-refractivity contribution in [2.75, 3.05) is 20.2 Å². The fourth-order valence-corrected chi connectivity index (χ4v) is 7.74. The van der Waals surface area contributed by atoms with Crippen molar-refractivity contribution in [3.63, 3.8) is 0 Å². The van der Waals surface area contributed by atoms with Crippen LogP contribution in [0.2, 0.25) is 0 Å². The van der Waals surface area contributed by atoms with E-state index in [1.54, 1.807) is 12.0 Å². The van der Waals surface area contributed by atoms with Crippen LogP contribution in [0.15, 0.2) is 29.2 Å². The zero-order valence-electron chi connectivity index (χ0n) is 17.8. The van der Waals surface area contributed by atoms with Crippen molar-refractivity contribution < 1.29 is 14.3 Å². The Morgan fingerprint density at radius 2 is 1.94 bits per heavy atom. The maximum absolute atomic E-state index is 13.1. The molecule has 5 aliphatic rings. The molecule has 0 radical (unpaired) electrons. The Kier molecular flexibility index (Phi) is 5.59. The van der Waals surface area contributed by atoms with E-state index >= 15 is 0 Å². The molecule has 0 atom stereocenters. The summed E-state index contributed by atoms with van der Waals surface area (Å²) >= 11 is 6.76. The lowest BCUT2D eigenvalue weighted by atomic mass is 9.49. The molecule has 4 saturated carbocycles. The smallest absolute Gasteiger partial charge is 0.266 e. The van der Waals surface area contributed by atoms with Gasteiger partial charge < -0.3 is 10.1 Å². The number of ether oxygens (including phenoxy) is 1. The van der Waals surface area contributed by atoms with E-state index in [9.17, 15) is 9.59 Å². The first kappa shape index (κ1) is 21.0. The molecule has 4 bridgehead atoms. The first-order valence-corrected chi connectivity index (χ1v) is 12.4. The third-order valence-electron chi connectivity index (χ3n) is 7.41. The van der Waals surface area contributed by atoms with Crippen molar-refractivity contribution in [1.82, 2.24) is 10.2 Å². The molecular formula is C24H28N2O3S2. The van der Waals surface area contributed by atoms with Gasteiger partial charge in [0.05, 0.1) is 12.0 Å². The molecular weight excluding hydrogens is 428 g/mol. The van der Waals surface area contributed by atoms with E-state index in [1.165, 1.54) is 31.0 Å². The predicted octanol–water partition coefficient (Wildman–Crippen LogP) is 4.23. The minimum atomic E-state index is -0.156. The second kappa shape index (κ2) is 8.24. The monoisotopic (exact) mass is 456 g/mol. The van der Waals surface area contributed by atoms with Gasteiger partial charge in [-0.25, -0.2) is 0 Å². The van der Waals surface area contributed by atoms with E-state index in [0.717, 1.165) is 48.3 Å². The standard InChI is InChI=1S/C24H28N2O3S2/c1-29-19-4-2-3-15(10-19)11-20-21(27)26(23(30)31-20)6-5-25-22(28)24-12-16-7-17(13-24)9-18(8-16)14-24/h2-4,10-11,16-18H,5-9,12-14H2,1H3,(H,25,28)/b20-11+. The number of methoxy groups -OCH3 is 1. The van der Waals surface area contributed by atoms with Crippen LogP contribution in [0.5, 0.6) is 5.75 Å². The summed E-state index contributed by atoms with van der Waals surface area (Å²) in [5, 5.41) is 3.15. The predicted molar refractivity (Wildman–Crippen MR) is 126 cm³/mol. The highest BCUT2D eigenvalue weighted by Gasteiger charge is 2.54. The second-order valence-electron chi connectivity index (χ2n) is 9.56. The molecule has 164 valence electrons. The Balaban J connectivity index is 1.19. The molecule has 5 fully saturated rings. The molecule has 4 aliphatic carbocycles. The maximum Gasteiger partial charge on any atom is 0.266 e. The summed E-state index contributed by atoms with van der Waals surface area (Å²) in [6.07, 6.45) is 8.96. The molecule has 2 amide bonds. The van der Waals surface area contributed by atoms with Crippen LogP contribution in [-0.2, 0) is 9.59 Å². The van der Waals surface area contributed by atoms with Crippen molar-refractivity contribution in [1.29, 1.82) is 0 Å². The number of amides is 2. The fourth-order valence-electron chi connectivity index (χ4n) is 6.43. The third kappa shape index (κ3) is 4.02. The summed E-state index contributed by atoms with van der Waals surface area (Å²) in [4.78, 5) is 28.2. The lowest BCUT2D eigenvalue weighted by molar-refractivity contribution is -0.146. The largest absolute Gasteiger partial charge is 0.497 e. The molecule has 0 aromatic heterocycles. The summed E-state index contributed by atoms with van der Waals surface area (Å²) in [7, 11) is 1.62. The summed E-state index contributed by atoms with van der Waals surface area (Å²) in [6, 6.07) is 7.58. The van der Waals surface area contributed by atoms with E-state index < -0.39 is 0 Å². The van der Waals surface area contributed by atoms with Crippen LogP contribution in [0.3, 0.4) is 0 Å². The number of rotatable bonds is 6. The highest BCUT2D eigenvalue weighted by Crippen LogP contribution is 2.60. The van der Waals surface area contributed by atoms with Crippen LogP contribution in [0.1, 0.15) is 44.1 Å². The Hall–Kier alpha value is -1.86. The third-order valence-corrected chi connectivity index (χ3v) is 8.78. The normalized spacial score (nSPS) is 32.7. The van der Waals surface area contributed by atoms with Gasteiger partial charge in [-0.2, -0.15) is 0 Å². The van der Waals surface area contributed by atoms with Crippen LogP contribution >= 0.6 is 24.0 Å².